The van der Waals surface area contributed by atoms with Crippen LogP contribution in [0.5, 0.6) is 0 Å². The third kappa shape index (κ3) is 5.32. The molecule has 1 heterocycles. The summed E-state index contributed by atoms with van der Waals surface area (Å²) in [6.07, 6.45) is 0. The van der Waals surface area contributed by atoms with E-state index in [1.165, 1.54) is 11.1 Å². The van der Waals surface area contributed by atoms with Gasteiger partial charge < -0.3 is 15.4 Å². The lowest BCUT2D eigenvalue weighted by molar-refractivity contribution is 0.184. The Morgan fingerprint density at radius 1 is 1.21 bits per heavy atom. The van der Waals surface area contributed by atoms with Gasteiger partial charge in [-0.25, -0.2) is 4.98 Å². The first-order valence-electron chi connectivity index (χ1n) is 8.08. The second-order valence-corrected chi connectivity index (χ2v) is 6.74. The molecule has 0 aliphatic carbocycles. The van der Waals surface area contributed by atoms with Crippen molar-refractivity contribution in [3.63, 3.8) is 0 Å². The van der Waals surface area contributed by atoms with Crippen molar-refractivity contribution >= 4 is 17.3 Å². The first-order chi connectivity index (χ1) is 11.6. The van der Waals surface area contributed by atoms with Gasteiger partial charge in [0.25, 0.3) is 0 Å². The van der Waals surface area contributed by atoms with Gasteiger partial charge in [-0.05, 0) is 17.0 Å². The van der Waals surface area contributed by atoms with Crippen molar-refractivity contribution in [3.8, 4) is 0 Å². The van der Waals surface area contributed by atoms with Crippen molar-refractivity contribution in [2.45, 2.75) is 39.5 Å². The number of aliphatic imine (C=N–C) groups is 1. The minimum Gasteiger partial charge on any atom is -0.380 e. The van der Waals surface area contributed by atoms with E-state index >= 15 is 0 Å². The van der Waals surface area contributed by atoms with Gasteiger partial charge in [-0.15, -0.1) is 11.3 Å². The summed E-state index contributed by atoms with van der Waals surface area (Å²) in [6, 6.07) is 8.25. The molecule has 2 aromatic rings. The molecule has 0 aliphatic rings. The van der Waals surface area contributed by atoms with Gasteiger partial charge in [0.05, 0.1) is 18.8 Å². The molecular weight excluding hydrogens is 320 g/mol. The van der Waals surface area contributed by atoms with Crippen LogP contribution >= 0.6 is 11.3 Å². The fraction of sp³-hybridized carbons (Fsp3) is 0.444. The first kappa shape index (κ1) is 18.4. The number of methoxy groups -OCH3 is 1. The summed E-state index contributed by atoms with van der Waals surface area (Å²) >= 11 is 1.68. The lowest BCUT2D eigenvalue weighted by Gasteiger charge is -2.13. The highest BCUT2D eigenvalue weighted by Crippen LogP contribution is 2.17. The largest absolute Gasteiger partial charge is 0.380 e. The van der Waals surface area contributed by atoms with E-state index < -0.39 is 0 Å². The van der Waals surface area contributed by atoms with Crippen LogP contribution in [0.4, 0.5) is 0 Å². The number of ether oxygens (including phenoxy) is 1. The molecule has 0 spiro atoms. The molecule has 1 aromatic heterocycles. The number of guanidine groups is 1. The molecule has 0 unspecified atom stereocenters. The van der Waals surface area contributed by atoms with E-state index in [1.807, 2.05) is 12.1 Å². The molecule has 0 saturated carbocycles. The average molecular weight is 347 g/mol. The Labute approximate surface area is 148 Å². The number of hydrogen-bond donors (Lipinski definition) is 2. The van der Waals surface area contributed by atoms with Crippen molar-refractivity contribution in [3.05, 3.63) is 51.5 Å². The van der Waals surface area contributed by atoms with E-state index in [9.17, 15) is 0 Å². The molecule has 0 aliphatic heterocycles. The fourth-order valence-electron chi connectivity index (χ4n) is 2.26. The van der Waals surface area contributed by atoms with Crippen LogP contribution in [-0.2, 0) is 24.4 Å². The van der Waals surface area contributed by atoms with E-state index in [2.05, 4.69) is 52.0 Å². The number of aromatic nitrogens is 1. The Balaban J connectivity index is 1.88. The van der Waals surface area contributed by atoms with Gasteiger partial charge in [-0.3, -0.25) is 4.99 Å². The number of rotatable bonds is 7. The number of hydrogen-bond acceptors (Lipinski definition) is 4. The summed E-state index contributed by atoms with van der Waals surface area (Å²) in [4.78, 5) is 8.91. The molecule has 130 valence electrons. The van der Waals surface area contributed by atoms with E-state index in [-0.39, 0.29) is 0 Å². The van der Waals surface area contributed by atoms with Crippen LogP contribution in [0.1, 0.15) is 41.6 Å². The van der Waals surface area contributed by atoms with E-state index in [0.29, 0.717) is 25.6 Å². The second-order valence-electron chi connectivity index (χ2n) is 5.80. The van der Waals surface area contributed by atoms with Crippen LogP contribution in [0, 0.1) is 0 Å². The van der Waals surface area contributed by atoms with Crippen molar-refractivity contribution in [1.29, 1.82) is 0 Å². The molecule has 0 atom stereocenters. The van der Waals surface area contributed by atoms with E-state index in [4.69, 9.17) is 4.74 Å². The Bertz CT molecular complexity index is 667. The predicted octanol–water partition coefficient (Wildman–Crippen LogP) is 3.28. The van der Waals surface area contributed by atoms with Crippen molar-refractivity contribution < 1.29 is 4.74 Å². The summed E-state index contributed by atoms with van der Waals surface area (Å²) < 4.78 is 5.25. The molecule has 2 rings (SSSR count). The average Bonchev–Trinajstić information content (AvgIpc) is 3.06. The van der Waals surface area contributed by atoms with Crippen LogP contribution in [0.3, 0.4) is 0 Å². The van der Waals surface area contributed by atoms with Gasteiger partial charge >= 0.3 is 0 Å². The number of thiazole rings is 1. The number of nitrogens with zero attached hydrogens (tertiary/aromatic N) is 2. The molecule has 5 nitrogen and oxygen atoms in total. The molecule has 2 N–H and O–H groups in total. The lowest BCUT2D eigenvalue weighted by Crippen LogP contribution is -2.36. The predicted molar refractivity (Wildman–Crippen MR) is 100 cm³/mol. The van der Waals surface area contributed by atoms with E-state index in [1.54, 1.807) is 25.5 Å². The molecule has 0 amide bonds. The SMILES string of the molecule is CN=C(NCc1nc(C(C)C)cs1)NCc1ccccc1COC. The summed E-state index contributed by atoms with van der Waals surface area (Å²) in [5.74, 6) is 1.23. The van der Waals surface area contributed by atoms with Gasteiger partial charge in [0.1, 0.15) is 5.01 Å². The maximum absolute atomic E-state index is 5.25. The summed E-state index contributed by atoms with van der Waals surface area (Å²) in [5, 5.41) is 9.85. The zero-order chi connectivity index (χ0) is 17.4. The maximum atomic E-state index is 5.25. The smallest absolute Gasteiger partial charge is 0.191 e. The minimum absolute atomic E-state index is 0.463. The molecular formula is C18H26N4OS. The zero-order valence-electron chi connectivity index (χ0n) is 14.8. The molecule has 0 radical (unpaired) electrons. The molecule has 24 heavy (non-hydrogen) atoms. The number of nitrogens with one attached hydrogen (secondary N) is 2. The second kappa shape index (κ2) is 9.39. The highest BCUT2D eigenvalue weighted by Gasteiger charge is 2.07. The quantitative estimate of drug-likeness (QED) is 0.597. The highest BCUT2D eigenvalue weighted by molar-refractivity contribution is 7.09. The van der Waals surface area contributed by atoms with Gasteiger partial charge in [0, 0.05) is 26.1 Å². The third-order valence-corrected chi connectivity index (χ3v) is 4.52. The lowest BCUT2D eigenvalue weighted by atomic mass is 10.1. The van der Waals surface area contributed by atoms with Crippen LogP contribution in [-0.4, -0.2) is 25.1 Å². The molecule has 6 heteroatoms. The van der Waals surface area contributed by atoms with Crippen molar-refractivity contribution in [2.24, 2.45) is 4.99 Å². The van der Waals surface area contributed by atoms with E-state index in [0.717, 1.165) is 16.7 Å². The van der Waals surface area contributed by atoms with Gasteiger partial charge in [0.15, 0.2) is 5.96 Å². The first-order valence-corrected chi connectivity index (χ1v) is 8.96. The Hall–Kier alpha value is -1.92. The van der Waals surface area contributed by atoms with Gasteiger partial charge in [-0.1, -0.05) is 38.1 Å². The standard InChI is InChI=1S/C18H26N4OS/c1-13(2)16-12-24-17(22-16)10-21-18(19-3)20-9-14-7-5-6-8-15(14)11-23-4/h5-8,12-13H,9-11H2,1-4H3,(H2,19,20,21). The van der Waals surface area contributed by atoms with Crippen LogP contribution in [0.2, 0.25) is 0 Å². The van der Waals surface area contributed by atoms with Crippen LogP contribution in [0.15, 0.2) is 34.6 Å². The van der Waals surface area contributed by atoms with Crippen LogP contribution in [0.25, 0.3) is 0 Å². The summed E-state index contributed by atoms with van der Waals surface area (Å²) in [6.45, 7) is 6.31. The molecule has 0 saturated heterocycles. The summed E-state index contributed by atoms with van der Waals surface area (Å²) in [5.41, 5.74) is 3.54. The number of benzene rings is 1. The third-order valence-electron chi connectivity index (χ3n) is 3.66. The highest BCUT2D eigenvalue weighted by atomic mass is 32.1. The Kier molecular flexibility index (Phi) is 7.21. The molecule has 1 aromatic carbocycles. The van der Waals surface area contributed by atoms with Gasteiger partial charge in [0.2, 0.25) is 0 Å². The molecule has 0 bridgehead atoms. The summed E-state index contributed by atoms with van der Waals surface area (Å²) in [7, 11) is 3.49. The fourth-order valence-corrected chi connectivity index (χ4v) is 3.15. The monoisotopic (exact) mass is 346 g/mol. The normalized spacial score (nSPS) is 11.8. The topological polar surface area (TPSA) is 58.5 Å². The van der Waals surface area contributed by atoms with Crippen molar-refractivity contribution in [2.75, 3.05) is 14.2 Å². The maximum Gasteiger partial charge on any atom is 0.191 e. The van der Waals surface area contributed by atoms with Gasteiger partial charge in [-0.2, -0.15) is 0 Å². The van der Waals surface area contributed by atoms with Crippen LogP contribution < -0.4 is 10.6 Å². The zero-order valence-corrected chi connectivity index (χ0v) is 15.6. The Morgan fingerprint density at radius 2 is 1.92 bits per heavy atom. The minimum atomic E-state index is 0.463. The molecule has 0 fully saturated rings. The van der Waals surface area contributed by atoms with Crippen molar-refractivity contribution in [1.82, 2.24) is 15.6 Å². The Morgan fingerprint density at radius 3 is 2.54 bits per heavy atom.